The third-order valence-electron chi connectivity index (χ3n) is 1.72. The zero-order chi connectivity index (χ0) is 10.7. The molecule has 0 radical (unpaired) electrons. The van der Waals surface area contributed by atoms with Gasteiger partial charge in [-0.15, -0.1) is 0 Å². The molecule has 1 aromatic carbocycles. The lowest BCUT2D eigenvalue weighted by molar-refractivity contribution is -0.147. The van der Waals surface area contributed by atoms with Crippen molar-refractivity contribution in [2.45, 2.75) is 6.10 Å². The van der Waals surface area contributed by atoms with Gasteiger partial charge in [0.15, 0.2) is 6.10 Å². The highest BCUT2D eigenvalue weighted by Gasteiger charge is 2.20. The van der Waals surface area contributed by atoms with Crippen molar-refractivity contribution in [1.82, 2.24) is 0 Å². The van der Waals surface area contributed by atoms with E-state index < -0.39 is 12.1 Å². The molecule has 0 aliphatic heterocycles. The normalized spacial score (nSPS) is 12.2. The smallest absolute Gasteiger partial charge is 0.337 e. The van der Waals surface area contributed by atoms with Crippen LogP contribution < -0.4 is 4.74 Å². The summed E-state index contributed by atoms with van der Waals surface area (Å²) >= 11 is 2.04. The van der Waals surface area contributed by atoms with E-state index in [0.29, 0.717) is 5.75 Å². The number of rotatable bonds is 3. The van der Waals surface area contributed by atoms with Gasteiger partial charge in [-0.3, -0.25) is 0 Å². The van der Waals surface area contributed by atoms with Crippen LogP contribution in [0.5, 0.6) is 5.75 Å². The Labute approximate surface area is 94.7 Å². The second kappa shape index (κ2) is 4.61. The number of ether oxygens (including phenoxy) is 1. The van der Waals surface area contributed by atoms with Crippen LogP contribution >= 0.6 is 22.6 Å². The number of carboxylic acids is 1. The molecule has 1 aromatic rings. The first-order valence-electron chi connectivity index (χ1n) is 3.80. The average Bonchev–Trinajstić information content (AvgIpc) is 2.16. The number of hydrogen-bond donors (Lipinski definition) is 2. The van der Waals surface area contributed by atoms with Crippen LogP contribution in [-0.2, 0) is 4.79 Å². The Balaban J connectivity index is 3.16. The molecule has 0 heterocycles. The summed E-state index contributed by atoms with van der Waals surface area (Å²) < 4.78 is 5.79. The monoisotopic (exact) mass is 308 g/mol. The van der Waals surface area contributed by atoms with Gasteiger partial charge < -0.3 is 14.9 Å². The molecule has 2 N–H and O–H groups in total. The number of aliphatic carboxylic acids is 1. The van der Waals surface area contributed by atoms with Gasteiger partial charge in [0, 0.05) is 9.13 Å². The molecule has 0 aliphatic rings. The summed E-state index contributed by atoms with van der Waals surface area (Å²) in [6.45, 7) is 0. The first-order valence-corrected chi connectivity index (χ1v) is 4.88. The zero-order valence-corrected chi connectivity index (χ0v) is 9.56. The second-order valence-corrected chi connectivity index (χ2v) is 3.87. The first-order chi connectivity index (χ1) is 6.56. The number of aliphatic hydroxyl groups is 1. The van der Waals surface area contributed by atoms with E-state index in [4.69, 9.17) is 9.84 Å². The summed E-state index contributed by atoms with van der Waals surface area (Å²) in [6, 6.07) is 4.99. The summed E-state index contributed by atoms with van der Waals surface area (Å²) in [5, 5.41) is 18.0. The van der Waals surface area contributed by atoms with E-state index in [-0.39, 0.29) is 5.56 Å². The van der Waals surface area contributed by atoms with Crippen molar-refractivity contribution >= 4 is 28.6 Å². The number of benzene rings is 1. The standard InChI is InChI=1S/C9H9IO4/c1-14-7-3-2-5(10)4-6(7)8(11)9(12)13/h2-4,8,11H,1H3,(H,12,13)/t8-/m0/s1. The Morgan fingerprint density at radius 1 is 1.57 bits per heavy atom. The van der Waals surface area contributed by atoms with E-state index in [1.807, 2.05) is 22.6 Å². The SMILES string of the molecule is COc1ccc(I)cc1[C@H](O)C(=O)O. The Morgan fingerprint density at radius 2 is 2.21 bits per heavy atom. The summed E-state index contributed by atoms with van der Waals surface area (Å²) in [6.07, 6.45) is -1.54. The number of carbonyl (C=O) groups is 1. The molecule has 0 spiro atoms. The average molecular weight is 308 g/mol. The van der Waals surface area contributed by atoms with E-state index in [0.717, 1.165) is 3.57 Å². The Bertz CT molecular complexity index is 351. The number of halogens is 1. The van der Waals surface area contributed by atoms with Crippen LogP contribution in [0.1, 0.15) is 11.7 Å². The maximum absolute atomic E-state index is 10.6. The molecule has 76 valence electrons. The van der Waals surface area contributed by atoms with Crippen molar-refractivity contribution < 1.29 is 19.7 Å². The Kier molecular flexibility index (Phi) is 3.70. The van der Waals surface area contributed by atoms with Crippen LogP contribution in [0.25, 0.3) is 0 Å². The predicted octanol–water partition coefficient (Wildman–Crippen LogP) is 1.42. The molecule has 0 amide bonds. The molecule has 0 bridgehead atoms. The lowest BCUT2D eigenvalue weighted by atomic mass is 10.1. The summed E-state index contributed by atoms with van der Waals surface area (Å²) in [5.41, 5.74) is 0.270. The molecule has 14 heavy (non-hydrogen) atoms. The third kappa shape index (κ3) is 2.36. The van der Waals surface area contributed by atoms with Gasteiger partial charge in [-0.2, -0.15) is 0 Å². The van der Waals surface area contributed by atoms with Gasteiger partial charge in [0.05, 0.1) is 7.11 Å². The fraction of sp³-hybridized carbons (Fsp3) is 0.222. The van der Waals surface area contributed by atoms with Crippen molar-refractivity contribution in [2.24, 2.45) is 0 Å². The van der Waals surface area contributed by atoms with Crippen LogP contribution in [0.3, 0.4) is 0 Å². The van der Waals surface area contributed by atoms with Crippen molar-refractivity contribution in [3.8, 4) is 5.75 Å². The molecule has 0 saturated heterocycles. The van der Waals surface area contributed by atoms with Crippen molar-refractivity contribution in [3.63, 3.8) is 0 Å². The van der Waals surface area contributed by atoms with Crippen LogP contribution in [0.2, 0.25) is 0 Å². The van der Waals surface area contributed by atoms with Crippen LogP contribution in [0.4, 0.5) is 0 Å². The maximum Gasteiger partial charge on any atom is 0.337 e. The minimum absolute atomic E-state index is 0.270. The van der Waals surface area contributed by atoms with E-state index >= 15 is 0 Å². The van der Waals surface area contributed by atoms with Crippen LogP contribution in [0, 0.1) is 3.57 Å². The molecular weight excluding hydrogens is 299 g/mol. The van der Waals surface area contributed by atoms with Crippen LogP contribution in [-0.4, -0.2) is 23.3 Å². The molecule has 0 unspecified atom stereocenters. The van der Waals surface area contributed by atoms with Crippen molar-refractivity contribution in [3.05, 3.63) is 27.3 Å². The lowest BCUT2D eigenvalue weighted by Gasteiger charge is -2.11. The minimum atomic E-state index is -1.54. The maximum atomic E-state index is 10.6. The number of hydrogen-bond acceptors (Lipinski definition) is 3. The van der Waals surface area contributed by atoms with Crippen LogP contribution in [0.15, 0.2) is 18.2 Å². The molecule has 4 nitrogen and oxygen atoms in total. The fourth-order valence-electron chi connectivity index (χ4n) is 1.05. The molecule has 0 aliphatic carbocycles. The fourth-order valence-corrected chi connectivity index (χ4v) is 1.57. The van der Waals surface area contributed by atoms with Gasteiger partial charge in [0.25, 0.3) is 0 Å². The largest absolute Gasteiger partial charge is 0.496 e. The number of methoxy groups -OCH3 is 1. The molecular formula is C9H9IO4. The molecule has 0 fully saturated rings. The first kappa shape index (κ1) is 11.3. The summed E-state index contributed by atoms with van der Waals surface area (Å²) in [5.74, 6) is -0.911. The van der Waals surface area contributed by atoms with E-state index in [2.05, 4.69) is 0 Å². The van der Waals surface area contributed by atoms with Gasteiger partial charge >= 0.3 is 5.97 Å². The van der Waals surface area contributed by atoms with Gasteiger partial charge in [0.1, 0.15) is 5.75 Å². The van der Waals surface area contributed by atoms with Gasteiger partial charge in [-0.05, 0) is 40.8 Å². The van der Waals surface area contributed by atoms with Crippen molar-refractivity contribution in [2.75, 3.05) is 7.11 Å². The quantitative estimate of drug-likeness (QED) is 0.829. The van der Waals surface area contributed by atoms with Gasteiger partial charge in [-0.1, -0.05) is 0 Å². The van der Waals surface area contributed by atoms with Gasteiger partial charge in [-0.25, -0.2) is 4.79 Å². The highest BCUT2D eigenvalue weighted by molar-refractivity contribution is 14.1. The zero-order valence-electron chi connectivity index (χ0n) is 7.40. The third-order valence-corrected chi connectivity index (χ3v) is 2.39. The van der Waals surface area contributed by atoms with E-state index in [9.17, 15) is 9.90 Å². The Hall–Kier alpha value is -0.820. The summed E-state index contributed by atoms with van der Waals surface area (Å²) in [7, 11) is 1.43. The topological polar surface area (TPSA) is 66.8 Å². The number of aliphatic hydroxyl groups excluding tert-OH is 1. The highest BCUT2D eigenvalue weighted by Crippen LogP contribution is 2.26. The predicted molar refractivity (Wildman–Crippen MR) is 58.3 cm³/mol. The number of carboxylic acid groups (broad SMARTS) is 1. The second-order valence-electron chi connectivity index (χ2n) is 2.63. The highest BCUT2D eigenvalue weighted by atomic mass is 127. The molecule has 1 rings (SSSR count). The molecule has 5 heteroatoms. The van der Waals surface area contributed by atoms with E-state index in [1.165, 1.54) is 7.11 Å². The molecule has 0 aromatic heterocycles. The van der Waals surface area contributed by atoms with Crippen molar-refractivity contribution in [1.29, 1.82) is 0 Å². The molecule has 1 atom stereocenters. The minimum Gasteiger partial charge on any atom is -0.496 e. The Morgan fingerprint density at radius 3 is 2.71 bits per heavy atom. The summed E-state index contributed by atoms with van der Waals surface area (Å²) in [4.78, 5) is 10.6. The lowest BCUT2D eigenvalue weighted by Crippen LogP contribution is -2.11. The van der Waals surface area contributed by atoms with E-state index in [1.54, 1.807) is 18.2 Å². The van der Waals surface area contributed by atoms with Gasteiger partial charge in [0.2, 0.25) is 0 Å². The molecule has 0 saturated carbocycles.